The molecule has 142 valence electrons. The number of imide groups is 1. The number of benzene rings is 1. The van der Waals surface area contributed by atoms with Crippen molar-refractivity contribution in [1.82, 2.24) is 10.2 Å². The van der Waals surface area contributed by atoms with E-state index in [2.05, 4.69) is 16.0 Å². The number of halogens is 1. The lowest BCUT2D eigenvalue weighted by molar-refractivity contribution is -0.128. The zero-order valence-corrected chi connectivity index (χ0v) is 14.8. The number of urea groups is 1. The van der Waals surface area contributed by atoms with Crippen molar-refractivity contribution < 1.29 is 23.2 Å². The maximum absolute atomic E-state index is 14.1. The molecule has 2 heterocycles. The number of hydrogen-bond donors (Lipinski definition) is 3. The molecule has 1 saturated heterocycles. The molecule has 0 radical (unpaired) electrons. The van der Waals surface area contributed by atoms with Gasteiger partial charge in [0.25, 0.3) is 11.8 Å². The molecule has 9 heteroatoms. The maximum atomic E-state index is 14.1. The molecule has 1 aliphatic rings. The van der Waals surface area contributed by atoms with Gasteiger partial charge in [-0.1, -0.05) is 0 Å². The molecule has 8 nitrogen and oxygen atoms in total. The number of amides is 4. The van der Waals surface area contributed by atoms with Crippen LogP contribution in [-0.4, -0.2) is 41.9 Å². The first kappa shape index (κ1) is 18.4. The molecule has 1 fully saturated rings. The fourth-order valence-corrected chi connectivity index (χ4v) is 2.75. The van der Waals surface area contributed by atoms with Crippen LogP contribution in [-0.2, 0) is 4.79 Å². The van der Waals surface area contributed by atoms with Gasteiger partial charge in [0.05, 0.1) is 17.5 Å². The molecule has 1 aromatic heterocycles. The quantitative estimate of drug-likeness (QED) is 0.745. The van der Waals surface area contributed by atoms with Gasteiger partial charge < -0.3 is 20.4 Å². The van der Waals surface area contributed by atoms with Gasteiger partial charge in [-0.3, -0.25) is 14.5 Å². The Morgan fingerprint density at radius 3 is 2.74 bits per heavy atom. The topological polar surface area (TPSA) is 104 Å². The number of rotatable bonds is 5. The van der Waals surface area contributed by atoms with Crippen LogP contribution in [0.3, 0.4) is 0 Å². The number of anilines is 2. The molecule has 0 saturated carbocycles. The number of hydrogen-bond acceptors (Lipinski definition) is 5. The molecule has 0 unspecified atom stereocenters. The second kappa shape index (κ2) is 7.48. The normalized spacial score (nSPS) is 14.6. The lowest BCUT2D eigenvalue weighted by Gasteiger charge is -2.20. The molecule has 4 amide bonds. The summed E-state index contributed by atoms with van der Waals surface area (Å²) in [6.45, 7) is 3.95. The van der Waals surface area contributed by atoms with Gasteiger partial charge in [0, 0.05) is 18.8 Å². The summed E-state index contributed by atoms with van der Waals surface area (Å²) in [7, 11) is 0. The second-order valence-electron chi connectivity index (χ2n) is 6.13. The third-order valence-corrected chi connectivity index (χ3v) is 4.19. The van der Waals surface area contributed by atoms with E-state index in [0.717, 1.165) is 4.90 Å². The number of carbonyl (C=O) groups is 3. The van der Waals surface area contributed by atoms with Crippen molar-refractivity contribution in [3.63, 3.8) is 0 Å². The average Bonchev–Trinajstić information content (AvgIpc) is 3.25. The Bertz CT molecular complexity index is 895. The predicted octanol–water partition coefficient (Wildman–Crippen LogP) is 2.33. The van der Waals surface area contributed by atoms with Crippen molar-refractivity contribution in [3.05, 3.63) is 47.7 Å². The third kappa shape index (κ3) is 3.91. The van der Waals surface area contributed by atoms with E-state index in [1.807, 2.05) is 0 Å². The van der Waals surface area contributed by atoms with Crippen molar-refractivity contribution in [1.29, 1.82) is 0 Å². The molecule has 27 heavy (non-hydrogen) atoms. The predicted molar refractivity (Wildman–Crippen MR) is 96.0 cm³/mol. The number of nitrogens with one attached hydrogen (secondary N) is 3. The van der Waals surface area contributed by atoms with E-state index in [9.17, 15) is 18.8 Å². The largest absolute Gasteiger partial charge is 0.469 e. The van der Waals surface area contributed by atoms with Gasteiger partial charge in [-0.25, -0.2) is 9.18 Å². The van der Waals surface area contributed by atoms with Gasteiger partial charge in [-0.2, -0.15) is 0 Å². The monoisotopic (exact) mass is 374 g/mol. The van der Waals surface area contributed by atoms with E-state index in [0.29, 0.717) is 30.1 Å². The number of furan rings is 1. The van der Waals surface area contributed by atoms with Gasteiger partial charge in [0.2, 0.25) is 0 Å². The summed E-state index contributed by atoms with van der Waals surface area (Å²) in [6, 6.07) is 4.36. The molecule has 0 bridgehead atoms. The fourth-order valence-electron chi connectivity index (χ4n) is 2.75. The average molecular weight is 374 g/mol. The van der Waals surface area contributed by atoms with Crippen LogP contribution < -0.4 is 16.0 Å². The molecule has 1 atom stereocenters. The Hall–Kier alpha value is -3.36. The van der Waals surface area contributed by atoms with Crippen LogP contribution in [0.5, 0.6) is 0 Å². The summed E-state index contributed by atoms with van der Waals surface area (Å²) < 4.78 is 19.1. The molecule has 0 aliphatic carbocycles. The van der Waals surface area contributed by atoms with E-state index in [1.165, 1.54) is 30.5 Å². The highest BCUT2D eigenvalue weighted by Gasteiger charge is 2.29. The Morgan fingerprint density at radius 1 is 1.33 bits per heavy atom. The molecule has 2 aromatic rings. The van der Waals surface area contributed by atoms with Crippen molar-refractivity contribution in [2.24, 2.45) is 0 Å². The Balaban J connectivity index is 1.71. The lowest BCUT2D eigenvalue weighted by atomic mass is 10.2. The van der Waals surface area contributed by atoms with E-state index < -0.39 is 29.7 Å². The molecular weight excluding hydrogens is 355 g/mol. The first-order valence-electron chi connectivity index (χ1n) is 8.37. The van der Waals surface area contributed by atoms with Crippen LogP contribution in [0.1, 0.15) is 23.0 Å². The molecule has 1 aliphatic heterocycles. The molecule has 0 spiro atoms. The van der Waals surface area contributed by atoms with Gasteiger partial charge in [0.15, 0.2) is 0 Å². The van der Waals surface area contributed by atoms with E-state index >= 15 is 0 Å². The van der Waals surface area contributed by atoms with Crippen molar-refractivity contribution in [2.45, 2.75) is 19.9 Å². The molecule has 3 N–H and O–H groups in total. The van der Waals surface area contributed by atoms with Crippen LogP contribution in [0, 0.1) is 12.7 Å². The molecule has 1 aromatic carbocycles. The summed E-state index contributed by atoms with van der Waals surface area (Å²) in [5, 5.41) is 7.96. The smallest absolute Gasteiger partial charge is 0.324 e. The summed E-state index contributed by atoms with van der Waals surface area (Å²) in [5.41, 5.74) is 0.691. The fraction of sp³-hybridized carbons (Fsp3) is 0.278. The van der Waals surface area contributed by atoms with E-state index in [4.69, 9.17) is 4.42 Å². The minimum atomic E-state index is -0.709. The first-order chi connectivity index (χ1) is 12.9. The summed E-state index contributed by atoms with van der Waals surface area (Å²) >= 11 is 0. The summed E-state index contributed by atoms with van der Waals surface area (Å²) in [6.07, 6.45) is 1.38. The van der Waals surface area contributed by atoms with Crippen molar-refractivity contribution in [3.8, 4) is 0 Å². The van der Waals surface area contributed by atoms with Crippen molar-refractivity contribution in [2.75, 3.05) is 23.7 Å². The second-order valence-corrected chi connectivity index (χ2v) is 6.13. The van der Waals surface area contributed by atoms with E-state index in [1.54, 1.807) is 13.8 Å². The minimum absolute atomic E-state index is 0.0378. The zero-order valence-electron chi connectivity index (χ0n) is 14.8. The van der Waals surface area contributed by atoms with Crippen LogP contribution in [0.4, 0.5) is 20.6 Å². The molecule has 3 rings (SSSR count). The number of aryl methyl sites for hydroxylation is 1. The van der Waals surface area contributed by atoms with Crippen LogP contribution in [0.25, 0.3) is 0 Å². The molecular formula is C18H19FN4O4. The highest BCUT2D eigenvalue weighted by atomic mass is 19.1. The van der Waals surface area contributed by atoms with Crippen LogP contribution in [0.15, 0.2) is 34.9 Å². The first-order valence-corrected chi connectivity index (χ1v) is 8.37. The highest BCUT2D eigenvalue weighted by Crippen LogP contribution is 2.22. The van der Waals surface area contributed by atoms with E-state index in [-0.39, 0.29) is 5.69 Å². The SMILES string of the molecule is Cc1occc1C(=O)Nc1cc(N[C@@H](C)C(=O)N2CCNC2=O)ccc1F. The summed E-state index contributed by atoms with van der Waals surface area (Å²) in [5.74, 6) is -1.10. The maximum Gasteiger partial charge on any atom is 0.324 e. The van der Waals surface area contributed by atoms with Gasteiger partial charge >= 0.3 is 6.03 Å². The van der Waals surface area contributed by atoms with Gasteiger partial charge in [-0.05, 0) is 38.1 Å². The Morgan fingerprint density at radius 2 is 2.11 bits per heavy atom. The standard InChI is InChI=1S/C18H19FN4O4/c1-10(17(25)23-7-6-20-18(23)26)21-12-3-4-14(19)15(9-12)22-16(24)13-5-8-27-11(13)2/h3-5,8-10,21H,6-7H2,1-2H3,(H,20,26)(H,22,24)/t10-/m0/s1. The third-order valence-electron chi connectivity index (χ3n) is 4.19. The summed E-state index contributed by atoms with van der Waals surface area (Å²) in [4.78, 5) is 37.3. The van der Waals surface area contributed by atoms with Crippen LogP contribution >= 0.6 is 0 Å². The Labute approximate surface area is 154 Å². The van der Waals surface area contributed by atoms with Crippen LogP contribution in [0.2, 0.25) is 0 Å². The lowest BCUT2D eigenvalue weighted by Crippen LogP contribution is -2.43. The highest BCUT2D eigenvalue weighted by molar-refractivity contribution is 6.05. The Kier molecular flexibility index (Phi) is 5.11. The number of nitrogens with zero attached hydrogens (tertiary/aromatic N) is 1. The van der Waals surface area contributed by atoms with Crippen molar-refractivity contribution >= 4 is 29.2 Å². The van der Waals surface area contributed by atoms with Gasteiger partial charge in [0.1, 0.15) is 17.6 Å². The number of carbonyl (C=O) groups excluding carboxylic acids is 3. The zero-order chi connectivity index (χ0) is 19.6. The van der Waals surface area contributed by atoms with Gasteiger partial charge in [-0.15, -0.1) is 0 Å². The minimum Gasteiger partial charge on any atom is -0.469 e.